The molecule has 0 spiro atoms. The molecule has 1 aromatic carbocycles. The van der Waals surface area contributed by atoms with Gasteiger partial charge >= 0.3 is 0 Å². The first-order valence-electron chi connectivity index (χ1n) is 8.19. The minimum atomic E-state index is -0.401. The van der Waals surface area contributed by atoms with Crippen LogP contribution in [0.25, 0.3) is 10.9 Å². The molecule has 6 heteroatoms. The van der Waals surface area contributed by atoms with Crippen molar-refractivity contribution in [3.8, 4) is 0 Å². The Balaban J connectivity index is 1.84. The molecule has 3 rings (SSSR count). The van der Waals surface area contributed by atoms with Crippen molar-refractivity contribution in [2.75, 3.05) is 26.9 Å². The van der Waals surface area contributed by atoms with Gasteiger partial charge in [0, 0.05) is 31.3 Å². The Labute approximate surface area is 140 Å². The first kappa shape index (κ1) is 16.7. The van der Waals surface area contributed by atoms with Crippen molar-refractivity contribution in [3.05, 3.63) is 46.2 Å². The normalized spacial score (nSPS) is 17.3. The lowest BCUT2D eigenvalue weighted by Gasteiger charge is -2.25. The average Bonchev–Trinajstić information content (AvgIpc) is 3.13. The lowest BCUT2D eigenvalue weighted by Crippen LogP contribution is -2.41. The lowest BCUT2D eigenvalue weighted by molar-refractivity contribution is -0.142. The number of amides is 1. The third-order valence-corrected chi connectivity index (χ3v) is 4.27. The second kappa shape index (κ2) is 7.59. The van der Waals surface area contributed by atoms with E-state index >= 15 is 0 Å². The van der Waals surface area contributed by atoms with E-state index in [2.05, 4.69) is 4.98 Å². The smallest absolute Gasteiger partial charge is 0.253 e. The first-order valence-corrected chi connectivity index (χ1v) is 8.19. The molecule has 1 atom stereocenters. The number of aromatic nitrogens is 1. The van der Waals surface area contributed by atoms with Crippen LogP contribution in [0.2, 0.25) is 0 Å². The van der Waals surface area contributed by atoms with E-state index in [1.165, 1.54) is 0 Å². The van der Waals surface area contributed by atoms with Crippen LogP contribution in [0.1, 0.15) is 18.4 Å². The maximum atomic E-state index is 12.7. The first-order chi connectivity index (χ1) is 11.7. The predicted molar refractivity (Wildman–Crippen MR) is 90.8 cm³/mol. The van der Waals surface area contributed by atoms with Gasteiger partial charge in [-0.2, -0.15) is 0 Å². The van der Waals surface area contributed by atoms with E-state index in [0.29, 0.717) is 25.3 Å². The van der Waals surface area contributed by atoms with Crippen LogP contribution in [0.5, 0.6) is 0 Å². The summed E-state index contributed by atoms with van der Waals surface area (Å²) in [6.45, 7) is 1.72. The number of benzene rings is 1. The van der Waals surface area contributed by atoms with Gasteiger partial charge in [0.25, 0.3) is 11.5 Å². The fourth-order valence-electron chi connectivity index (χ4n) is 2.96. The summed E-state index contributed by atoms with van der Waals surface area (Å²) in [5.41, 5.74) is 1.19. The van der Waals surface area contributed by atoms with Gasteiger partial charge in [0.05, 0.1) is 13.2 Å². The van der Waals surface area contributed by atoms with Crippen LogP contribution in [-0.4, -0.2) is 48.8 Å². The summed E-state index contributed by atoms with van der Waals surface area (Å²) in [6, 6.07) is 9.45. The van der Waals surface area contributed by atoms with Crippen molar-refractivity contribution in [3.63, 3.8) is 0 Å². The van der Waals surface area contributed by atoms with Crippen LogP contribution >= 0.6 is 0 Å². The van der Waals surface area contributed by atoms with E-state index in [9.17, 15) is 9.59 Å². The van der Waals surface area contributed by atoms with Crippen LogP contribution in [0.3, 0.4) is 0 Å². The SMILES string of the molecule is COCCN(Cc1cc2ccccc2[nH]c1=O)C(=O)[C@H]1CCCO1. The highest BCUT2D eigenvalue weighted by Gasteiger charge is 2.28. The zero-order valence-electron chi connectivity index (χ0n) is 13.8. The summed E-state index contributed by atoms with van der Waals surface area (Å²) in [6.07, 6.45) is 1.22. The minimum absolute atomic E-state index is 0.0721. The fourth-order valence-corrected chi connectivity index (χ4v) is 2.96. The maximum absolute atomic E-state index is 12.7. The molecule has 1 aromatic heterocycles. The molecule has 1 saturated heterocycles. The lowest BCUT2D eigenvalue weighted by atomic mass is 10.1. The number of pyridine rings is 1. The number of para-hydroxylation sites is 1. The quantitative estimate of drug-likeness (QED) is 0.875. The summed E-state index contributed by atoms with van der Waals surface area (Å²) < 4.78 is 10.6. The van der Waals surface area contributed by atoms with E-state index in [0.717, 1.165) is 23.7 Å². The Morgan fingerprint density at radius 1 is 1.42 bits per heavy atom. The number of hydrogen-bond donors (Lipinski definition) is 1. The zero-order chi connectivity index (χ0) is 16.9. The van der Waals surface area contributed by atoms with Gasteiger partial charge in [-0.05, 0) is 30.4 Å². The highest BCUT2D eigenvalue weighted by atomic mass is 16.5. The van der Waals surface area contributed by atoms with Gasteiger partial charge in [-0.1, -0.05) is 18.2 Å². The molecule has 0 bridgehead atoms. The van der Waals surface area contributed by atoms with Crippen LogP contribution in [0.15, 0.2) is 35.1 Å². The molecule has 0 aliphatic carbocycles. The standard InChI is InChI=1S/C18H22N2O4/c1-23-10-8-20(18(22)16-7-4-9-24-16)12-14-11-13-5-2-3-6-15(13)19-17(14)21/h2-3,5-6,11,16H,4,7-10,12H2,1H3,(H,19,21)/t16-/m1/s1. The van der Waals surface area contributed by atoms with Crippen molar-refractivity contribution in [1.29, 1.82) is 0 Å². The Morgan fingerprint density at radius 2 is 2.25 bits per heavy atom. The number of carbonyl (C=O) groups is 1. The van der Waals surface area contributed by atoms with Gasteiger partial charge in [-0.3, -0.25) is 9.59 Å². The van der Waals surface area contributed by atoms with Crippen LogP contribution in [-0.2, 0) is 20.8 Å². The van der Waals surface area contributed by atoms with Crippen molar-refractivity contribution in [2.24, 2.45) is 0 Å². The third kappa shape index (κ3) is 3.66. The van der Waals surface area contributed by atoms with Crippen molar-refractivity contribution in [2.45, 2.75) is 25.5 Å². The molecule has 24 heavy (non-hydrogen) atoms. The second-order valence-corrected chi connectivity index (χ2v) is 5.97. The number of rotatable bonds is 6. The molecular formula is C18H22N2O4. The van der Waals surface area contributed by atoms with Gasteiger partial charge < -0.3 is 19.4 Å². The minimum Gasteiger partial charge on any atom is -0.383 e. The number of H-pyrrole nitrogens is 1. The van der Waals surface area contributed by atoms with Gasteiger partial charge in [-0.25, -0.2) is 0 Å². The van der Waals surface area contributed by atoms with E-state index < -0.39 is 6.10 Å². The molecule has 1 aliphatic rings. The molecule has 2 heterocycles. The largest absolute Gasteiger partial charge is 0.383 e. The van der Waals surface area contributed by atoms with Crippen molar-refractivity contribution < 1.29 is 14.3 Å². The van der Waals surface area contributed by atoms with Crippen LogP contribution in [0, 0.1) is 0 Å². The van der Waals surface area contributed by atoms with Crippen molar-refractivity contribution in [1.82, 2.24) is 9.88 Å². The molecule has 1 amide bonds. The fraction of sp³-hybridized carbons (Fsp3) is 0.444. The van der Waals surface area contributed by atoms with Crippen LogP contribution in [0.4, 0.5) is 0 Å². The molecule has 1 aliphatic heterocycles. The molecular weight excluding hydrogens is 308 g/mol. The Bertz CT molecular complexity index is 765. The summed E-state index contributed by atoms with van der Waals surface area (Å²) in [7, 11) is 1.59. The molecule has 2 aromatic rings. The van der Waals surface area contributed by atoms with E-state index in [-0.39, 0.29) is 18.0 Å². The molecule has 1 N–H and O–H groups in total. The molecule has 0 saturated carbocycles. The predicted octanol–water partition coefficient (Wildman–Crippen LogP) is 1.68. The highest BCUT2D eigenvalue weighted by molar-refractivity contribution is 5.82. The zero-order valence-corrected chi connectivity index (χ0v) is 13.8. The van der Waals surface area contributed by atoms with Gasteiger partial charge in [0.15, 0.2) is 0 Å². The molecule has 0 unspecified atom stereocenters. The summed E-state index contributed by atoms with van der Waals surface area (Å²) in [5.74, 6) is -0.0721. The van der Waals surface area contributed by atoms with Crippen molar-refractivity contribution >= 4 is 16.8 Å². The molecule has 0 radical (unpaired) electrons. The average molecular weight is 330 g/mol. The van der Waals surface area contributed by atoms with Crippen LogP contribution < -0.4 is 5.56 Å². The summed E-state index contributed by atoms with van der Waals surface area (Å²) in [5, 5.41) is 0.948. The number of nitrogens with one attached hydrogen (secondary N) is 1. The van der Waals surface area contributed by atoms with E-state index in [4.69, 9.17) is 9.47 Å². The monoisotopic (exact) mass is 330 g/mol. The third-order valence-electron chi connectivity index (χ3n) is 4.27. The molecule has 1 fully saturated rings. The Morgan fingerprint density at radius 3 is 3.00 bits per heavy atom. The highest BCUT2D eigenvalue weighted by Crippen LogP contribution is 2.17. The maximum Gasteiger partial charge on any atom is 0.253 e. The van der Waals surface area contributed by atoms with Gasteiger partial charge in [0.2, 0.25) is 0 Å². The Kier molecular flexibility index (Phi) is 5.27. The number of nitrogens with zero attached hydrogens (tertiary/aromatic N) is 1. The Hall–Kier alpha value is -2.18. The number of hydrogen-bond acceptors (Lipinski definition) is 4. The second-order valence-electron chi connectivity index (χ2n) is 5.97. The van der Waals surface area contributed by atoms with E-state index in [1.54, 1.807) is 12.0 Å². The number of carbonyl (C=O) groups excluding carboxylic acids is 1. The van der Waals surface area contributed by atoms with E-state index in [1.807, 2.05) is 30.3 Å². The molecule has 128 valence electrons. The number of methoxy groups -OCH3 is 1. The number of fused-ring (bicyclic) bond motifs is 1. The number of aromatic amines is 1. The number of ether oxygens (including phenoxy) is 2. The van der Waals surface area contributed by atoms with Gasteiger partial charge in [0.1, 0.15) is 6.10 Å². The van der Waals surface area contributed by atoms with Gasteiger partial charge in [-0.15, -0.1) is 0 Å². The topological polar surface area (TPSA) is 71.6 Å². The molecule has 6 nitrogen and oxygen atoms in total. The summed E-state index contributed by atoms with van der Waals surface area (Å²) in [4.78, 5) is 29.5. The summed E-state index contributed by atoms with van der Waals surface area (Å²) >= 11 is 0.